The number of imidazole rings is 1. The van der Waals surface area contributed by atoms with Crippen molar-refractivity contribution in [2.45, 2.75) is 33.4 Å². The number of nitrogens with zero attached hydrogens (tertiary/aromatic N) is 4. The molecule has 2 aromatic rings. The first-order valence-corrected chi connectivity index (χ1v) is 7.99. The minimum atomic E-state index is 0.620. The number of aromatic nitrogens is 3. The Hall–Kier alpha value is -1.89. The molecule has 0 spiro atoms. The number of hydrogen-bond acceptors (Lipinski definition) is 4. The SMILES string of the molecule is CCNC(=NCc1ncc(C)s1)NCCCn1ccnc1. The highest BCUT2D eigenvalue weighted by Crippen LogP contribution is 2.11. The summed E-state index contributed by atoms with van der Waals surface area (Å²) in [5.74, 6) is 0.844. The van der Waals surface area contributed by atoms with E-state index < -0.39 is 0 Å². The fraction of sp³-hybridized carbons (Fsp3) is 0.500. The van der Waals surface area contributed by atoms with E-state index in [2.05, 4.69) is 44.0 Å². The normalized spacial score (nSPS) is 11.6. The van der Waals surface area contributed by atoms with Crippen LogP contribution in [0, 0.1) is 6.92 Å². The average molecular weight is 306 g/mol. The Kier molecular flexibility index (Phi) is 6.21. The highest BCUT2D eigenvalue weighted by atomic mass is 32.1. The lowest BCUT2D eigenvalue weighted by molar-refractivity contribution is 0.624. The van der Waals surface area contributed by atoms with Gasteiger partial charge in [-0.2, -0.15) is 0 Å². The van der Waals surface area contributed by atoms with Crippen molar-refractivity contribution < 1.29 is 0 Å². The van der Waals surface area contributed by atoms with Gasteiger partial charge in [0.1, 0.15) is 5.01 Å². The Morgan fingerprint density at radius 1 is 1.43 bits per heavy atom. The molecule has 0 aliphatic rings. The third kappa shape index (κ3) is 5.55. The number of guanidine groups is 1. The minimum absolute atomic E-state index is 0.620. The zero-order valence-corrected chi connectivity index (χ0v) is 13.4. The lowest BCUT2D eigenvalue weighted by atomic mass is 10.4. The first kappa shape index (κ1) is 15.5. The molecule has 21 heavy (non-hydrogen) atoms. The van der Waals surface area contributed by atoms with Gasteiger partial charge in [0.05, 0.1) is 12.9 Å². The quantitative estimate of drug-likeness (QED) is 0.465. The van der Waals surface area contributed by atoms with Crippen molar-refractivity contribution in [2.75, 3.05) is 13.1 Å². The maximum Gasteiger partial charge on any atom is 0.191 e. The second-order valence-corrected chi connectivity index (χ2v) is 5.96. The second kappa shape index (κ2) is 8.41. The predicted octanol–water partition coefficient (Wildman–Crippen LogP) is 1.79. The van der Waals surface area contributed by atoms with E-state index in [-0.39, 0.29) is 0 Å². The van der Waals surface area contributed by atoms with Crippen molar-refractivity contribution in [3.63, 3.8) is 0 Å². The summed E-state index contributed by atoms with van der Waals surface area (Å²) in [6, 6.07) is 0. The van der Waals surface area contributed by atoms with Crippen LogP contribution in [-0.2, 0) is 13.1 Å². The van der Waals surface area contributed by atoms with Gasteiger partial charge in [-0.15, -0.1) is 11.3 Å². The number of aliphatic imine (C=N–C) groups is 1. The molecule has 0 saturated carbocycles. The molecule has 0 aliphatic heterocycles. The van der Waals surface area contributed by atoms with Crippen molar-refractivity contribution in [3.05, 3.63) is 34.8 Å². The molecule has 2 rings (SSSR count). The molecule has 6 nitrogen and oxygen atoms in total. The van der Waals surface area contributed by atoms with Crippen LogP contribution < -0.4 is 10.6 Å². The molecule has 2 aromatic heterocycles. The van der Waals surface area contributed by atoms with Crippen LogP contribution in [0.15, 0.2) is 29.9 Å². The van der Waals surface area contributed by atoms with Crippen LogP contribution >= 0.6 is 11.3 Å². The monoisotopic (exact) mass is 306 g/mol. The van der Waals surface area contributed by atoms with Gasteiger partial charge in [-0.3, -0.25) is 0 Å². The molecule has 7 heteroatoms. The van der Waals surface area contributed by atoms with Crippen LogP contribution in [0.1, 0.15) is 23.2 Å². The summed E-state index contributed by atoms with van der Waals surface area (Å²) in [7, 11) is 0. The van der Waals surface area contributed by atoms with Gasteiger partial charge in [0.15, 0.2) is 5.96 Å². The molecule has 2 heterocycles. The first-order valence-electron chi connectivity index (χ1n) is 7.17. The Balaban J connectivity index is 1.75. The van der Waals surface area contributed by atoms with Crippen LogP contribution in [0.3, 0.4) is 0 Å². The van der Waals surface area contributed by atoms with Crippen LogP contribution in [0.2, 0.25) is 0 Å². The summed E-state index contributed by atoms with van der Waals surface area (Å²) >= 11 is 1.69. The summed E-state index contributed by atoms with van der Waals surface area (Å²) in [6.45, 7) is 7.43. The number of aryl methyl sites for hydroxylation is 2. The van der Waals surface area contributed by atoms with Crippen LogP contribution in [0.5, 0.6) is 0 Å². The van der Waals surface area contributed by atoms with E-state index in [1.54, 1.807) is 17.5 Å². The van der Waals surface area contributed by atoms with Crippen molar-refractivity contribution in [3.8, 4) is 0 Å². The van der Waals surface area contributed by atoms with E-state index >= 15 is 0 Å². The summed E-state index contributed by atoms with van der Waals surface area (Å²) in [5.41, 5.74) is 0. The van der Waals surface area contributed by atoms with Gasteiger partial charge in [0.25, 0.3) is 0 Å². The van der Waals surface area contributed by atoms with E-state index in [0.717, 1.165) is 37.0 Å². The second-order valence-electron chi connectivity index (χ2n) is 4.64. The van der Waals surface area contributed by atoms with E-state index in [4.69, 9.17) is 0 Å². The van der Waals surface area contributed by atoms with Gasteiger partial charge in [-0.25, -0.2) is 15.0 Å². The summed E-state index contributed by atoms with van der Waals surface area (Å²) < 4.78 is 2.07. The molecule has 0 bridgehead atoms. The maximum atomic E-state index is 4.55. The highest BCUT2D eigenvalue weighted by molar-refractivity contribution is 7.11. The summed E-state index contributed by atoms with van der Waals surface area (Å²) in [6.07, 6.45) is 8.53. The van der Waals surface area contributed by atoms with E-state index in [0.29, 0.717) is 6.54 Å². The molecule has 0 unspecified atom stereocenters. The van der Waals surface area contributed by atoms with Gasteiger partial charge in [0, 0.05) is 43.1 Å². The smallest absolute Gasteiger partial charge is 0.191 e. The van der Waals surface area contributed by atoms with Gasteiger partial charge < -0.3 is 15.2 Å². The topological polar surface area (TPSA) is 67.1 Å². The Morgan fingerprint density at radius 2 is 2.33 bits per heavy atom. The van der Waals surface area contributed by atoms with Gasteiger partial charge in [-0.1, -0.05) is 0 Å². The van der Waals surface area contributed by atoms with Gasteiger partial charge >= 0.3 is 0 Å². The standard InChI is InChI=1S/C14H22N6S/c1-3-16-14(19-10-13-18-9-12(2)21-13)17-5-4-7-20-8-6-15-11-20/h6,8-9,11H,3-5,7,10H2,1-2H3,(H2,16,17,19). The molecule has 0 saturated heterocycles. The Morgan fingerprint density at radius 3 is 3.00 bits per heavy atom. The summed E-state index contributed by atoms with van der Waals surface area (Å²) in [4.78, 5) is 14.1. The van der Waals surface area contributed by atoms with Gasteiger partial charge in [0.2, 0.25) is 0 Å². The lowest BCUT2D eigenvalue weighted by Crippen LogP contribution is -2.38. The highest BCUT2D eigenvalue weighted by Gasteiger charge is 2.00. The number of hydrogen-bond donors (Lipinski definition) is 2. The van der Waals surface area contributed by atoms with E-state index in [1.165, 1.54) is 4.88 Å². The average Bonchev–Trinajstić information content (AvgIpc) is 3.12. The fourth-order valence-electron chi connectivity index (χ4n) is 1.85. The Bertz CT molecular complexity index is 546. The molecule has 0 aromatic carbocycles. The molecular formula is C14H22N6S. The lowest BCUT2D eigenvalue weighted by Gasteiger charge is -2.11. The van der Waals surface area contributed by atoms with Crippen LogP contribution in [-0.4, -0.2) is 33.6 Å². The molecule has 2 N–H and O–H groups in total. The van der Waals surface area contributed by atoms with E-state index in [1.807, 2.05) is 18.7 Å². The molecule has 0 aliphatic carbocycles. The number of nitrogens with one attached hydrogen (secondary N) is 2. The van der Waals surface area contributed by atoms with Crippen molar-refractivity contribution in [1.29, 1.82) is 0 Å². The molecular weight excluding hydrogens is 284 g/mol. The molecule has 0 fully saturated rings. The third-order valence-electron chi connectivity index (χ3n) is 2.83. The zero-order chi connectivity index (χ0) is 14.9. The molecule has 114 valence electrons. The van der Waals surface area contributed by atoms with Crippen molar-refractivity contribution in [1.82, 2.24) is 25.2 Å². The van der Waals surface area contributed by atoms with Crippen molar-refractivity contribution >= 4 is 17.3 Å². The summed E-state index contributed by atoms with van der Waals surface area (Å²) in [5, 5.41) is 7.64. The van der Waals surface area contributed by atoms with Crippen LogP contribution in [0.4, 0.5) is 0 Å². The Labute approximate surface area is 129 Å². The van der Waals surface area contributed by atoms with E-state index in [9.17, 15) is 0 Å². The number of rotatable bonds is 7. The molecule has 0 atom stereocenters. The first-order chi connectivity index (χ1) is 10.3. The van der Waals surface area contributed by atoms with Gasteiger partial charge in [-0.05, 0) is 20.3 Å². The minimum Gasteiger partial charge on any atom is -0.357 e. The van der Waals surface area contributed by atoms with Crippen LogP contribution in [0.25, 0.3) is 0 Å². The maximum absolute atomic E-state index is 4.55. The van der Waals surface area contributed by atoms with Crippen molar-refractivity contribution in [2.24, 2.45) is 4.99 Å². The third-order valence-corrected chi connectivity index (χ3v) is 3.73. The largest absolute Gasteiger partial charge is 0.357 e. The fourth-order valence-corrected chi connectivity index (χ4v) is 2.56. The predicted molar refractivity (Wildman–Crippen MR) is 86.5 cm³/mol. The molecule has 0 radical (unpaired) electrons. The zero-order valence-electron chi connectivity index (χ0n) is 12.5. The number of thiazole rings is 1. The molecule has 0 amide bonds.